The molecule has 3 heterocycles. The van der Waals surface area contributed by atoms with Gasteiger partial charge < -0.3 is 15.2 Å². The van der Waals surface area contributed by atoms with E-state index in [9.17, 15) is 4.79 Å². The number of thioether (sulfide) groups is 1. The highest BCUT2D eigenvalue weighted by Crippen LogP contribution is 2.35. The van der Waals surface area contributed by atoms with Crippen molar-refractivity contribution in [1.29, 1.82) is 0 Å². The summed E-state index contributed by atoms with van der Waals surface area (Å²) in [7, 11) is 0. The van der Waals surface area contributed by atoms with Crippen molar-refractivity contribution in [3.05, 3.63) is 76.6 Å². The summed E-state index contributed by atoms with van der Waals surface area (Å²) in [5, 5.41) is 11.0. The number of anilines is 1. The summed E-state index contributed by atoms with van der Waals surface area (Å²) in [6, 6.07) is 14.7. The number of rotatable bonds is 4. The van der Waals surface area contributed by atoms with Crippen LogP contribution in [-0.4, -0.2) is 38.9 Å². The number of hydrazone groups is 1. The molecule has 3 aliphatic heterocycles. The number of halogens is 1. The number of benzene rings is 2. The zero-order valence-electron chi connectivity index (χ0n) is 17.9. The third-order valence-corrected chi connectivity index (χ3v) is 7.43. The Balaban J connectivity index is 1.19. The molecule has 0 aliphatic carbocycles. The van der Waals surface area contributed by atoms with Gasteiger partial charge >= 0.3 is 0 Å². The number of fused-ring (bicyclic) bond motifs is 3. The zero-order valence-corrected chi connectivity index (χ0v) is 19.5. The minimum absolute atomic E-state index is 0.0312. The highest BCUT2D eigenvalue weighted by atomic mass is 35.5. The molecule has 0 radical (unpaired) electrons. The highest BCUT2D eigenvalue weighted by molar-refractivity contribution is 8.14. The van der Waals surface area contributed by atoms with Crippen LogP contribution in [0.25, 0.3) is 0 Å². The zero-order chi connectivity index (χ0) is 22.2. The number of hydrogen-bond acceptors (Lipinski definition) is 7. The van der Waals surface area contributed by atoms with Crippen LogP contribution >= 0.6 is 23.4 Å². The van der Waals surface area contributed by atoms with Gasteiger partial charge in [0.2, 0.25) is 5.91 Å². The number of hydrogen-bond donors (Lipinski definition) is 3. The number of amidine groups is 1. The average molecular weight is 469 g/mol. The van der Waals surface area contributed by atoms with Gasteiger partial charge in [0.25, 0.3) is 0 Å². The van der Waals surface area contributed by atoms with Crippen LogP contribution in [0.15, 0.2) is 60.0 Å². The van der Waals surface area contributed by atoms with E-state index < -0.39 is 0 Å². The fourth-order valence-corrected chi connectivity index (χ4v) is 5.17. The van der Waals surface area contributed by atoms with Crippen LogP contribution in [0.1, 0.15) is 29.2 Å². The molecule has 166 valence electrons. The first-order chi connectivity index (χ1) is 15.5. The van der Waals surface area contributed by atoms with E-state index >= 15 is 0 Å². The molecular weight excluding hydrogens is 444 g/mol. The summed E-state index contributed by atoms with van der Waals surface area (Å²) >= 11 is 7.57. The largest absolute Gasteiger partial charge is 0.325 e. The van der Waals surface area contributed by atoms with Crippen LogP contribution < -0.4 is 16.2 Å². The molecule has 2 aromatic rings. The molecule has 32 heavy (non-hydrogen) atoms. The second-order valence-corrected chi connectivity index (χ2v) is 9.58. The fourth-order valence-electron chi connectivity index (χ4n) is 4.23. The highest BCUT2D eigenvalue weighted by Gasteiger charge is 2.44. The van der Waals surface area contributed by atoms with Gasteiger partial charge in [-0.2, -0.15) is 5.10 Å². The lowest BCUT2D eigenvalue weighted by molar-refractivity contribution is -0.113. The first-order valence-electron chi connectivity index (χ1n) is 10.6. The monoisotopic (exact) mass is 468 g/mol. The molecule has 0 spiro atoms. The molecule has 2 aromatic carbocycles. The Hall–Kier alpha value is -2.68. The summed E-state index contributed by atoms with van der Waals surface area (Å²) in [4.78, 5) is 14.6. The lowest BCUT2D eigenvalue weighted by Crippen LogP contribution is -2.54. The Morgan fingerprint density at radius 1 is 1.22 bits per heavy atom. The van der Waals surface area contributed by atoms with Crippen molar-refractivity contribution in [2.24, 2.45) is 5.10 Å². The summed E-state index contributed by atoms with van der Waals surface area (Å²) in [6.07, 6.45) is 5.05. The normalized spacial score (nSPS) is 23.5. The third-order valence-electron chi connectivity index (χ3n) is 6.06. The summed E-state index contributed by atoms with van der Waals surface area (Å²) in [5.41, 5.74) is 11.0. The molecule has 5 rings (SSSR count). The second kappa shape index (κ2) is 8.69. The van der Waals surface area contributed by atoms with Gasteiger partial charge in [-0.15, -0.1) is 0 Å². The maximum absolute atomic E-state index is 12.5. The van der Waals surface area contributed by atoms with Crippen molar-refractivity contribution < 1.29 is 4.79 Å². The van der Waals surface area contributed by atoms with Crippen LogP contribution in [-0.2, 0) is 4.79 Å². The maximum atomic E-state index is 12.5. The van der Waals surface area contributed by atoms with Crippen LogP contribution in [0, 0.1) is 13.8 Å². The van der Waals surface area contributed by atoms with Gasteiger partial charge in [-0.3, -0.25) is 10.2 Å². The molecule has 1 fully saturated rings. The van der Waals surface area contributed by atoms with Crippen LogP contribution in [0.5, 0.6) is 0 Å². The predicted molar refractivity (Wildman–Crippen MR) is 130 cm³/mol. The number of aryl methyl sites for hydroxylation is 1. The van der Waals surface area contributed by atoms with Crippen molar-refractivity contribution in [2.45, 2.75) is 38.5 Å². The van der Waals surface area contributed by atoms with E-state index in [-0.39, 0.29) is 29.9 Å². The number of carbonyl (C=O) groups excluding carboxylic acids is 1. The van der Waals surface area contributed by atoms with Gasteiger partial charge in [-0.1, -0.05) is 59.3 Å². The van der Waals surface area contributed by atoms with E-state index in [0.29, 0.717) is 5.02 Å². The number of carbonyl (C=O) groups is 1. The number of nitrogens with one attached hydrogen (secondary N) is 3. The molecule has 9 heteroatoms. The lowest BCUT2D eigenvalue weighted by atomic mass is 9.99. The van der Waals surface area contributed by atoms with E-state index in [4.69, 9.17) is 11.6 Å². The lowest BCUT2D eigenvalue weighted by Gasteiger charge is -2.36. The molecule has 7 nitrogen and oxygen atoms in total. The number of amides is 1. The Morgan fingerprint density at radius 3 is 2.84 bits per heavy atom. The van der Waals surface area contributed by atoms with Gasteiger partial charge in [-0.25, -0.2) is 5.43 Å². The van der Waals surface area contributed by atoms with Gasteiger partial charge in [0.15, 0.2) is 5.17 Å². The molecule has 0 bridgehead atoms. The van der Waals surface area contributed by atoms with Crippen molar-refractivity contribution in [1.82, 2.24) is 20.8 Å². The minimum atomic E-state index is -0.0869. The number of nitrogens with zero attached hydrogens (tertiary/aromatic N) is 3. The first kappa shape index (κ1) is 21.2. The van der Waals surface area contributed by atoms with Gasteiger partial charge in [0.1, 0.15) is 6.17 Å². The standard InChI is InChI=1S/C23H25ClN6OS/c1-14-6-8-16(9-7-14)19-12-20-22-26-27-23(29(22)10-11-30(20)28-19)32-13-21(31)25-18-5-3-4-17(24)15(18)2/h3-11,19-20,22,26,28H,12-13H2,1-2H3,(H,25,31). The van der Waals surface area contributed by atoms with Gasteiger partial charge in [0.05, 0.1) is 17.8 Å². The van der Waals surface area contributed by atoms with Crippen molar-refractivity contribution in [3.63, 3.8) is 0 Å². The molecule has 1 saturated heterocycles. The first-order valence-corrected chi connectivity index (χ1v) is 11.9. The van der Waals surface area contributed by atoms with E-state index in [2.05, 4.69) is 62.4 Å². The smallest absolute Gasteiger partial charge is 0.234 e. The van der Waals surface area contributed by atoms with Crippen LogP contribution in [0.2, 0.25) is 5.02 Å². The molecule has 3 unspecified atom stereocenters. The molecular formula is C23H25ClN6OS. The molecule has 0 aromatic heterocycles. The Bertz CT molecular complexity index is 1090. The molecule has 3 atom stereocenters. The van der Waals surface area contributed by atoms with Crippen molar-refractivity contribution in [3.8, 4) is 0 Å². The SMILES string of the molecule is Cc1ccc(C2CC3C4NN=C(SCC(=O)Nc5cccc(Cl)c5C)N4C=CN3N2)cc1. The Labute approximate surface area is 196 Å². The number of hydrazine groups is 1. The van der Waals surface area contributed by atoms with Crippen LogP contribution in [0.3, 0.4) is 0 Å². The third kappa shape index (κ3) is 4.05. The van der Waals surface area contributed by atoms with E-state index in [0.717, 1.165) is 22.8 Å². The quantitative estimate of drug-likeness (QED) is 0.631. The predicted octanol–water partition coefficient (Wildman–Crippen LogP) is 3.94. The topological polar surface area (TPSA) is 72.0 Å². The molecule has 0 saturated carbocycles. The molecule has 3 N–H and O–H groups in total. The van der Waals surface area contributed by atoms with Crippen molar-refractivity contribution in [2.75, 3.05) is 11.1 Å². The van der Waals surface area contributed by atoms with Gasteiger partial charge in [-0.05, 0) is 43.5 Å². The Morgan fingerprint density at radius 2 is 2.03 bits per heavy atom. The fraction of sp³-hybridized carbons (Fsp3) is 0.304. The molecule has 3 aliphatic rings. The van der Waals surface area contributed by atoms with Crippen molar-refractivity contribution >= 4 is 40.1 Å². The molecule has 1 amide bonds. The summed E-state index contributed by atoms with van der Waals surface area (Å²) in [5.74, 6) is 0.179. The summed E-state index contributed by atoms with van der Waals surface area (Å²) in [6.45, 7) is 4.00. The average Bonchev–Trinajstić information content (AvgIpc) is 3.40. The summed E-state index contributed by atoms with van der Waals surface area (Å²) < 4.78 is 0. The van der Waals surface area contributed by atoms with E-state index in [1.165, 1.54) is 22.9 Å². The Kier molecular flexibility index (Phi) is 5.75. The van der Waals surface area contributed by atoms with E-state index in [1.54, 1.807) is 0 Å². The van der Waals surface area contributed by atoms with Gasteiger partial charge in [0, 0.05) is 23.1 Å². The van der Waals surface area contributed by atoms with Crippen LogP contribution in [0.4, 0.5) is 5.69 Å². The van der Waals surface area contributed by atoms with E-state index in [1.807, 2.05) is 37.5 Å². The minimum Gasteiger partial charge on any atom is -0.325 e. The second-order valence-electron chi connectivity index (χ2n) is 8.23. The maximum Gasteiger partial charge on any atom is 0.234 e.